The highest BCUT2D eigenvalue weighted by molar-refractivity contribution is 6.21. The zero-order valence-electron chi connectivity index (χ0n) is 15.3. The van der Waals surface area contributed by atoms with E-state index in [9.17, 15) is 9.90 Å². The Labute approximate surface area is 158 Å². The van der Waals surface area contributed by atoms with Crippen LogP contribution in [0.15, 0.2) is 53.5 Å². The molecule has 0 bridgehead atoms. The van der Waals surface area contributed by atoms with Crippen LogP contribution >= 0.6 is 0 Å². The number of aliphatic imine (C=N–C) groups is 1. The van der Waals surface area contributed by atoms with Gasteiger partial charge < -0.3 is 15.4 Å². The van der Waals surface area contributed by atoms with Gasteiger partial charge in [-0.15, -0.1) is 0 Å². The standard InChI is InChI=1S/C22H23N3O2/c1-14(26)16-7-8-19-18(13-16)20(22(27)25-19)21(15-5-3-2-4-6-15)24-17-9-11-23-12-10-17/h2-8,13,17,23,25,27H,9-12H2,1H3. The fourth-order valence-electron chi connectivity index (χ4n) is 3.63. The number of Topliss-reactive ketones (excluding diaryl/α,β-unsaturated/α-hetero) is 1. The summed E-state index contributed by atoms with van der Waals surface area (Å²) in [5, 5.41) is 14.9. The van der Waals surface area contributed by atoms with Crippen LogP contribution in [-0.4, -0.2) is 40.7 Å². The Morgan fingerprint density at radius 2 is 1.81 bits per heavy atom. The summed E-state index contributed by atoms with van der Waals surface area (Å²) < 4.78 is 0. The molecule has 0 aliphatic carbocycles. The first-order chi connectivity index (χ1) is 13.1. The first-order valence-electron chi connectivity index (χ1n) is 9.33. The Hall–Kier alpha value is -2.92. The number of carbonyl (C=O) groups is 1. The SMILES string of the molecule is CC(=O)c1ccc2[nH]c(O)c(C(=NC3CCNCC3)c3ccccc3)c2c1. The van der Waals surface area contributed by atoms with Crippen LogP contribution in [0.3, 0.4) is 0 Å². The molecule has 138 valence electrons. The maximum absolute atomic E-state index is 11.9. The van der Waals surface area contributed by atoms with Crippen molar-refractivity contribution in [1.29, 1.82) is 0 Å². The molecular weight excluding hydrogens is 338 g/mol. The second-order valence-corrected chi connectivity index (χ2v) is 6.99. The molecule has 0 atom stereocenters. The predicted octanol–water partition coefficient (Wildman–Crippen LogP) is 3.67. The summed E-state index contributed by atoms with van der Waals surface area (Å²) in [6.45, 7) is 3.45. The molecule has 3 aromatic rings. The summed E-state index contributed by atoms with van der Waals surface area (Å²) in [7, 11) is 0. The Morgan fingerprint density at radius 1 is 1.07 bits per heavy atom. The highest BCUT2D eigenvalue weighted by atomic mass is 16.3. The van der Waals surface area contributed by atoms with Gasteiger partial charge in [0.25, 0.3) is 0 Å². The highest BCUT2D eigenvalue weighted by Gasteiger charge is 2.21. The van der Waals surface area contributed by atoms with Gasteiger partial charge in [0.2, 0.25) is 0 Å². The van der Waals surface area contributed by atoms with Crippen molar-refractivity contribution in [3.63, 3.8) is 0 Å². The van der Waals surface area contributed by atoms with Gasteiger partial charge in [-0.2, -0.15) is 0 Å². The lowest BCUT2D eigenvalue weighted by Crippen LogP contribution is -2.30. The summed E-state index contributed by atoms with van der Waals surface area (Å²) in [6.07, 6.45) is 1.94. The topological polar surface area (TPSA) is 77.5 Å². The molecule has 1 fully saturated rings. The highest BCUT2D eigenvalue weighted by Crippen LogP contribution is 2.31. The van der Waals surface area contributed by atoms with E-state index in [4.69, 9.17) is 4.99 Å². The quantitative estimate of drug-likeness (QED) is 0.490. The fraction of sp³-hybridized carbons (Fsp3) is 0.273. The molecule has 2 heterocycles. The van der Waals surface area contributed by atoms with Crippen molar-refractivity contribution < 1.29 is 9.90 Å². The number of aromatic nitrogens is 1. The number of benzene rings is 2. The van der Waals surface area contributed by atoms with E-state index in [1.165, 1.54) is 0 Å². The molecule has 3 N–H and O–H groups in total. The second kappa shape index (κ2) is 7.37. The van der Waals surface area contributed by atoms with Crippen LogP contribution in [-0.2, 0) is 0 Å². The zero-order valence-corrected chi connectivity index (χ0v) is 15.3. The van der Waals surface area contributed by atoms with Gasteiger partial charge in [0.05, 0.1) is 17.3 Å². The molecule has 0 spiro atoms. The molecule has 0 amide bonds. The maximum Gasteiger partial charge on any atom is 0.199 e. The number of hydrogen-bond donors (Lipinski definition) is 3. The zero-order chi connectivity index (χ0) is 18.8. The Balaban J connectivity index is 1.91. The molecule has 5 heteroatoms. The summed E-state index contributed by atoms with van der Waals surface area (Å²) in [5.41, 5.74) is 3.81. The van der Waals surface area contributed by atoms with Gasteiger partial charge in [0.1, 0.15) is 0 Å². The lowest BCUT2D eigenvalue weighted by molar-refractivity contribution is 0.101. The van der Waals surface area contributed by atoms with Crippen LogP contribution in [0.4, 0.5) is 0 Å². The molecule has 1 aliphatic heterocycles. The minimum atomic E-state index is 0.0000876. The van der Waals surface area contributed by atoms with E-state index in [-0.39, 0.29) is 17.7 Å². The largest absolute Gasteiger partial charge is 0.494 e. The number of ketones is 1. The molecule has 0 radical (unpaired) electrons. The average molecular weight is 361 g/mol. The first kappa shape index (κ1) is 17.5. The third-order valence-electron chi connectivity index (χ3n) is 5.09. The van der Waals surface area contributed by atoms with Gasteiger partial charge in [0.15, 0.2) is 11.7 Å². The molecule has 1 aromatic heterocycles. The Kier molecular flexibility index (Phi) is 4.77. The summed E-state index contributed by atoms with van der Waals surface area (Å²) >= 11 is 0. The molecular formula is C22H23N3O2. The van der Waals surface area contributed by atoms with Crippen LogP contribution in [0, 0.1) is 0 Å². The first-order valence-corrected chi connectivity index (χ1v) is 9.33. The van der Waals surface area contributed by atoms with E-state index >= 15 is 0 Å². The maximum atomic E-state index is 11.9. The van der Waals surface area contributed by atoms with E-state index in [0.717, 1.165) is 48.1 Å². The van der Waals surface area contributed by atoms with E-state index in [0.29, 0.717) is 11.1 Å². The van der Waals surface area contributed by atoms with Crippen molar-refractivity contribution in [1.82, 2.24) is 10.3 Å². The van der Waals surface area contributed by atoms with E-state index in [1.54, 1.807) is 13.0 Å². The monoisotopic (exact) mass is 361 g/mol. The molecule has 1 saturated heterocycles. The van der Waals surface area contributed by atoms with Gasteiger partial charge in [-0.25, -0.2) is 0 Å². The van der Waals surface area contributed by atoms with Crippen LogP contribution in [0.1, 0.15) is 41.3 Å². The van der Waals surface area contributed by atoms with Gasteiger partial charge >= 0.3 is 0 Å². The molecule has 0 unspecified atom stereocenters. The van der Waals surface area contributed by atoms with E-state index in [2.05, 4.69) is 10.3 Å². The lowest BCUT2D eigenvalue weighted by Gasteiger charge is -2.20. The average Bonchev–Trinajstić information content (AvgIpc) is 3.02. The number of nitrogens with one attached hydrogen (secondary N) is 2. The minimum Gasteiger partial charge on any atom is -0.494 e. The number of aromatic amines is 1. The van der Waals surface area contributed by atoms with Crippen molar-refractivity contribution >= 4 is 22.4 Å². The number of piperidine rings is 1. The van der Waals surface area contributed by atoms with Gasteiger partial charge in [-0.05, 0) is 51.1 Å². The predicted molar refractivity (Wildman–Crippen MR) is 108 cm³/mol. The molecule has 4 rings (SSSR count). The van der Waals surface area contributed by atoms with Gasteiger partial charge in [0, 0.05) is 22.0 Å². The van der Waals surface area contributed by atoms with Crippen molar-refractivity contribution in [3.8, 4) is 5.88 Å². The number of hydrogen-bond acceptors (Lipinski definition) is 4. The summed E-state index contributed by atoms with van der Waals surface area (Å²) in [6, 6.07) is 15.6. The number of carbonyl (C=O) groups excluding carboxylic acids is 1. The molecule has 1 aliphatic rings. The Morgan fingerprint density at radius 3 is 2.52 bits per heavy atom. The number of rotatable bonds is 4. The number of H-pyrrole nitrogens is 1. The van der Waals surface area contributed by atoms with Gasteiger partial charge in [-0.3, -0.25) is 9.79 Å². The van der Waals surface area contributed by atoms with Crippen LogP contribution < -0.4 is 5.32 Å². The molecule has 2 aromatic carbocycles. The summed E-state index contributed by atoms with van der Waals surface area (Å²) in [4.78, 5) is 19.9. The van der Waals surface area contributed by atoms with Crippen LogP contribution in [0.2, 0.25) is 0 Å². The van der Waals surface area contributed by atoms with Crippen LogP contribution in [0.25, 0.3) is 10.9 Å². The van der Waals surface area contributed by atoms with Crippen LogP contribution in [0.5, 0.6) is 5.88 Å². The lowest BCUT2D eigenvalue weighted by atomic mass is 9.98. The van der Waals surface area contributed by atoms with Gasteiger partial charge in [-0.1, -0.05) is 30.3 Å². The van der Waals surface area contributed by atoms with Crippen molar-refractivity contribution in [2.45, 2.75) is 25.8 Å². The fourth-order valence-corrected chi connectivity index (χ4v) is 3.63. The number of fused-ring (bicyclic) bond motifs is 1. The van der Waals surface area contributed by atoms with E-state index < -0.39 is 0 Å². The minimum absolute atomic E-state index is 0.0000876. The van der Waals surface area contributed by atoms with Crippen molar-refractivity contribution in [2.75, 3.05) is 13.1 Å². The Bertz CT molecular complexity index is 999. The number of nitrogens with zero attached hydrogens (tertiary/aromatic N) is 1. The number of aromatic hydroxyl groups is 1. The second-order valence-electron chi connectivity index (χ2n) is 6.99. The van der Waals surface area contributed by atoms with Crippen molar-refractivity contribution in [3.05, 3.63) is 65.2 Å². The van der Waals surface area contributed by atoms with E-state index in [1.807, 2.05) is 42.5 Å². The summed E-state index contributed by atoms with van der Waals surface area (Å²) in [5.74, 6) is 0.0855. The molecule has 27 heavy (non-hydrogen) atoms. The molecule has 0 saturated carbocycles. The third kappa shape index (κ3) is 3.51. The smallest absolute Gasteiger partial charge is 0.199 e. The third-order valence-corrected chi connectivity index (χ3v) is 5.09. The normalized spacial score (nSPS) is 16.0. The van der Waals surface area contributed by atoms with Crippen molar-refractivity contribution in [2.24, 2.45) is 4.99 Å². The molecule has 5 nitrogen and oxygen atoms in total.